The van der Waals surface area contributed by atoms with Gasteiger partial charge < -0.3 is 11.1 Å². The Morgan fingerprint density at radius 1 is 1.53 bits per heavy atom. The van der Waals surface area contributed by atoms with E-state index in [4.69, 9.17) is 5.73 Å². The van der Waals surface area contributed by atoms with E-state index in [2.05, 4.69) is 26.1 Å². The first-order valence-electron chi connectivity index (χ1n) is 5.67. The van der Waals surface area contributed by atoms with Gasteiger partial charge in [0.2, 0.25) is 5.91 Å². The quantitative estimate of drug-likeness (QED) is 0.884. The fourth-order valence-electron chi connectivity index (χ4n) is 2.10. The molecule has 1 aromatic heterocycles. The number of halogens is 1. The minimum absolute atomic E-state index is 0.268. The van der Waals surface area contributed by atoms with E-state index >= 15 is 0 Å². The number of amides is 1. The molecule has 0 bridgehead atoms. The molecule has 2 rings (SSSR count). The monoisotopic (exact) mass is 317 g/mol. The second-order valence-electron chi connectivity index (χ2n) is 4.08. The molecule has 17 heavy (non-hydrogen) atoms. The molecule has 94 valence electrons. The highest BCUT2D eigenvalue weighted by Gasteiger charge is 2.28. The van der Waals surface area contributed by atoms with Gasteiger partial charge in [-0.3, -0.25) is 9.69 Å². The maximum Gasteiger partial charge on any atom is 0.240 e. The van der Waals surface area contributed by atoms with E-state index in [9.17, 15) is 4.79 Å². The molecular formula is C11H16BrN3OS. The summed E-state index contributed by atoms with van der Waals surface area (Å²) in [4.78, 5) is 14.9. The summed E-state index contributed by atoms with van der Waals surface area (Å²) in [6, 6.07) is 1.66. The van der Waals surface area contributed by atoms with Gasteiger partial charge in [-0.1, -0.05) is 0 Å². The van der Waals surface area contributed by atoms with Gasteiger partial charge in [-0.2, -0.15) is 0 Å². The highest BCUT2D eigenvalue weighted by atomic mass is 79.9. The van der Waals surface area contributed by atoms with Crippen LogP contribution in [0.5, 0.6) is 0 Å². The van der Waals surface area contributed by atoms with Crippen LogP contribution in [0.4, 0.5) is 0 Å². The number of primary amides is 1. The number of carbonyl (C=O) groups is 1. The van der Waals surface area contributed by atoms with Gasteiger partial charge in [-0.05, 0) is 40.3 Å². The number of rotatable bonds is 3. The van der Waals surface area contributed by atoms with E-state index in [0.717, 1.165) is 41.9 Å². The maximum absolute atomic E-state index is 11.7. The Morgan fingerprint density at radius 2 is 2.35 bits per heavy atom. The number of nitrogens with two attached hydrogens (primary N) is 1. The molecule has 1 amide bonds. The Morgan fingerprint density at radius 3 is 3.00 bits per heavy atom. The van der Waals surface area contributed by atoms with Crippen LogP contribution in [-0.2, 0) is 4.79 Å². The smallest absolute Gasteiger partial charge is 0.240 e. The van der Waals surface area contributed by atoms with Crippen molar-refractivity contribution in [3.05, 3.63) is 20.8 Å². The standard InChI is InChI=1S/C11H16BrN3OS/c12-8-2-7-17-10(8)9(11(13)16)15-5-1-3-14-4-6-15/h2,7,9,14H,1,3-6H2,(H2,13,16). The fourth-order valence-corrected chi connectivity index (χ4v) is 3.83. The zero-order chi connectivity index (χ0) is 12.3. The lowest BCUT2D eigenvalue weighted by atomic mass is 10.2. The Balaban J connectivity index is 2.22. The summed E-state index contributed by atoms with van der Waals surface area (Å²) in [5.41, 5.74) is 5.56. The number of thiophene rings is 1. The molecule has 1 aliphatic heterocycles. The molecular weight excluding hydrogens is 302 g/mol. The summed E-state index contributed by atoms with van der Waals surface area (Å²) >= 11 is 5.06. The highest BCUT2D eigenvalue weighted by Crippen LogP contribution is 2.32. The molecule has 0 saturated carbocycles. The second kappa shape index (κ2) is 5.95. The molecule has 0 aromatic carbocycles. The summed E-state index contributed by atoms with van der Waals surface area (Å²) < 4.78 is 0.975. The number of nitrogens with one attached hydrogen (secondary N) is 1. The van der Waals surface area contributed by atoms with Gasteiger partial charge in [0, 0.05) is 29.0 Å². The first-order chi connectivity index (χ1) is 8.20. The topological polar surface area (TPSA) is 58.4 Å². The van der Waals surface area contributed by atoms with Crippen LogP contribution in [0.15, 0.2) is 15.9 Å². The molecule has 0 aliphatic carbocycles. The zero-order valence-electron chi connectivity index (χ0n) is 9.49. The zero-order valence-corrected chi connectivity index (χ0v) is 11.9. The van der Waals surface area contributed by atoms with Crippen molar-refractivity contribution < 1.29 is 4.79 Å². The van der Waals surface area contributed by atoms with Gasteiger partial charge in [0.15, 0.2) is 0 Å². The van der Waals surface area contributed by atoms with Gasteiger partial charge in [-0.25, -0.2) is 0 Å². The van der Waals surface area contributed by atoms with E-state index in [1.165, 1.54) is 0 Å². The van der Waals surface area contributed by atoms with E-state index in [-0.39, 0.29) is 11.9 Å². The predicted molar refractivity (Wildman–Crippen MR) is 73.0 cm³/mol. The van der Waals surface area contributed by atoms with Crippen LogP contribution in [-0.4, -0.2) is 37.0 Å². The predicted octanol–water partition coefficient (Wildman–Crippen LogP) is 1.33. The minimum atomic E-state index is -0.302. The molecule has 4 nitrogen and oxygen atoms in total. The number of hydrogen-bond acceptors (Lipinski definition) is 4. The molecule has 0 radical (unpaired) electrons. The average molecular weight is 318 g/mol. The largest absolute Gasteiger partial charge is 0.368 e. The molecule has 1 fully saturated rings. The van der Waals surface area contributed by atoms with Crippen molar-refractivity contribution in [3.63, 3.8) is 0 Å². The van der Waals surface area contributed by atoms with Crippen LogP contribution in [0, 0.1) is 0 Å². The SMILES string of the molecule is NC(=O)C(c1sccc1Br)N1CCCNCC1. The fraction of sp³-hybridized carbons (Fsp3) is 0.545. The summed E-state index contributed by atoms with van der Waals surface area (Å²) in [6.45, 7) is 3.68. The highest BCUT2D eigenvalue weighted by molar-refractivity contribution is 9.10. The lowest BCUT2D eigenvalue weighted by Crippen LogP contribution is -2.39. The van der Waals surface area contributed by atoms with Crippen molar-refractivity contribution >= 4 is 33.2 Å². The number of carbonyl (C=O) groups excluding carboxylic acids is 1. The lowest BCUT2D eigenvalue weighted by Gasteiger charge is -2.27. The Bertz CT molecular complexity index is 388. The van der Waals surface area contributed by atoms with E-state index in [0.29, 0.717) is 0 Å². The molecule has 2 heterocycles. The van der Waals surface area contributed by atoms with Crippen LogP contribution in [0.3, 0.4) is 0 Å². The van der Waals surface area contributed by atoms with Gasteiger partial charge in [-0.15, -0.1) is 11.3 Å². The van der Waals surface area contributed by atoms with Crippen LogP contribution in [0.25, 0.3) is 0 Å². The van der Waals surface area contributed by atoms with Gasteiger partial charge in [0.1, 0.15) is 6.04 Å². The van der Waals surface area contributed by atoms with Crippen LogP contribution >= 0.6 is 27.3 Å². The van der Waals surface area contributed by atoms with Crippen molar-refractivity contribution in [1.82, 2.24) is 10.2 Å². The molecule has 1 aliphatic rings. The first-order valence-corrected chi connectivity index (χ1v) is 7.34. The molecule has 6 heteroatoms. The van der Waals surface area contributed by atoms with Crippen molar-refractivity contribution in [2.45, 2.75) is 12.5 Å². The van der Waals surface area contributed by atoms with E-state index < -0.39 is 0 Å². The lowest BCUT2D eigenvalue weighted by molar-refractivity contribution is -0.123. The van der Waals surface area contributed by atoms with Crippen LogP contribution in [0.1, 0.15) is 17.3 Å². The van der Waals surface area contributed by atoms with E-state index in [1.54, 1.807) is 11.3 Å². The normalized spacial score (nSPS) is 19.8. The maximum atomic E-state index is 11.7. The first kappa shape index (κ1) is 13.0. The Hall–Kier alpha value is -0.430. The summed E-state index contributed by atoms with van der Waals surface area (Å²) in [7, 11) is 0. The van der Waals surface area contributed by atoms with E-state index in [1.807, 2.05) is 11.4 Å². The molecule has 3 N–H and O–H groups in total. The third-order valence-corrected chi connectivity index (χ3v) is 4.83. The van der Waals surface area contributed by atoms with Crippen molar-refractivity contribution in [2.24, 2.45) is 5.73 Å². The Kier molecular flexibility index (Phi) is 4.55. The van der Waals surface area contributed by atoms with Crippen LogP contribution < -0.4 is 11.1 Å². The molecule has 1 unspecified atom stereocenters. The summed E-state index contributed by atoms with van der Waals surface area (Å²) in [6.07, 6.45) is 1.05. The van der Waals surface area contributed by atoms with Crippen LogP contribution in [0.2, 0.25) is 0 Å². The summed E-state index contributed by atoms with van der Waals surface area (Å²) in [5.74, 6) is -0.268. The van der Waals surface area contributed by atoms with Gasteiger partial charge in [0.05, 0.1) is 0 Å². The third-order valence-electron chi connectivity index (χ3n) is 2.90. The molecule has 0 spiro atoms. The summed E-state index contributed by atoms with van der Waals surface area (Å²) in [5, 5.41) is 5.31. The third kappa shape index (κ3) is 3.07. The van der Waals surface area contributed by atoms with Crippen molar-refractivity contribution in [2.75, 3.05) is 26.2 Å². The van der Waals surface area contributed by atoms with Crippen molar-refractivity contribution in [3.8, 4) is 0 Å². The number of nitrogens with zero attached hydrogens (tertiary/aromatic N) is 1. The Labute approximate surface area is 113 Å². The molecule has 1 atom stereocenters. The minimum Gasteiger partial charge on any atom is -0.368 e. The van der Waals surface area contributed by atoms with Gasteiger partial charge >= 0.3 is 0 Å². The second-order valence-corrected chi connectivity index (χ2v) is 5.88. The molecule has 1 saturated heterocycles. The number of hydrogen-bond donors (Lipinski definition) is 2. The molecule has 1 aromatic rings. The van der Waals surface area contributed by atoms with Crippen molar-refractivity contribution in [1.29, 1.82) is 0 Å². The average Bonchev–Trinajstić information content (AvgIpc) is 2.55. The van der Waals surface area contributed by atoms with Gasteiger partial charge in [0.25, 0.3) is 0 Å².